The Balaban J connectivity index is 0.00000155. The summed E-state index contributed by atoms with van der Waals surface area (Å²) in [5, 5.41) is 3.87. The third-order valence-electron chi connectivity index (χ3n) is 5.53. The second-order valence-corrected chi connectivity index (χ2v) is 8.42. The fourth-order valence-corrected chi connectivity index (χ4v) is 4.41. The number of benzene rings is 2. The van der Waals surface area contributed by atoms with Crippen LogP contribution in [0.5, 0.6) is 5.75 Å². The van der Waals surface area contributed by atoms with Crippen LogP contribution in [0, 0.1) is 0 Å². The van der Waals surface area contributed by atoms with E-state index in [1.165, 1.54) is 20.0 Å². The van der Waals surface area contributed by atoms with Gasteiger partial charge in [0.15, 0.2) is 5.75 Å². The zero-order chi connectivity index (χ0) is 22.3. The second-order valence-electron chi connectivity index (χ2n) is 7.60. The standard InChI is InChI=1S/C22H26Cl2N2O2.C2H6/c1-22(2,26-13-7-8-14-26)20(15-9-5-4-6-10-15)25-21(27)18-16(23)11-12-17(24)19(18)28-3;1-2/h4-6,9-12,20H,7-8,13-14H2,1-3H3,(H,25,27);1-2H3. The topological polar surface area (TPSA) is 41.6 Å². The maximum absolute atomic E-state index is 13.3. The number of halogens is 2. The van der Waals surface area contributed by atoms with Gasteiger partial charge in [-0.05, 0) is 57.5 Å². The van der Waals surface area contributed by atoms with E-state index >= 15 is 0 Å². The van der Waals surface area contributed by atoms with Gasteiger partial charge < -0.3 is 10.1 Å². The molecule has 0 spiro atoms. The van der Waals surface area contributed by atoms with Crippen LogP contribution in [0.4, 0.5) is 0 Å². The molecule has 4 nitrogen and oxygen atoms in total. The third-order valence-corrected chi connectivity index (χ3v) is 6.14. The van der Waals surface area contributed by atoms with E-state index in [-0.39, 0.29) is 28.8 Å². The van der Waals surface area contributed by atoms with E-state index in [9.17, 15) is 4.79 Å². The van der Waals surface area contributed by atoms with Gasteiger partial charge in [0, 0.05) is 5.54 Å². The highest BCUT2D eigenvalue weighted by molar-refractivity contribution is 6.37. The SMILES string of the molecule is CC.COc1c(Cl)ccc(Cl)c1C(=O)NC(c1ccccc1)C(C)(C)N1CCCC1. The highest BCUT2D eigenvalue weighted by Crippen LogP contribution is 2.37. The number of rotatable bonds is 6. The summed E-state index contributed by atoms with van der Waals surface area (Å²) in [4.78, 5) is 15.7. The van der Waals surface area contributed by atoms with Crippen molar-refractivity contribution >= 4 is 29.1 Å². The van der Waals surface area contributed by atoms with Gasteiger partial charge in [-0.1, -0.05) is 67.4 Å². The zero-order valence-electron chi connectivity index (χ0n) is 18.5. The Labute approximate surface area is 190 Å². The molecule has 0 saturated carbocycles. The van der Waals surface area contributed by atoms with E-state index in [4.69, 9.17) is 27.9 Å². The van der Waals surface area contributed by atoms with Crippen molar-refractivity contribution in [2.45, 2.75) is 52.1 Å². The van der Waals surface area contributed by atoms with Crippen molar-refractivity contribution in [1.82, 2.24) is 10.2 Å². The molecule has 1 unspecified atom stereocenters. The summed E-state index contributed by atoms with van der Waals surface area (Å²) in [6.45, 7) is 10.4. The van der Waals surface area contributed by atoms with Gasteiger partial charge in [-0.2, -0.15) is 0 Å². The largest absolute Gasteiger partial charge is 0.494 e. The van der Waals surface area contributed by atoms with Crippen molar-refractivity contribution < 1.29 is 9.53 Å². The molecule has 30 heavy (non-hydrogen) atoms. The zero-order valence-corrected chi connectivity index (χ0v) is 20.0. The Morgan fingerprint density at radius 1 is 1.03 bits per heavy atom. The fourth-order valence-electron chi connectivity index (χ4n) is 3.94. The number of hydrogen-bond acceptors (Lipinski definition) is 3. The van der Waals surface area contributed by atoms with Crippen molar-refractivity contribution in [2.24, 2.45) is 0 Å². The van der Waals surface area contributed by atoms with Gasteiger partial charge in [-0.15, -0.1) is 0 Å². The molecule has 1 fully saturated rings. The molecular weight excluding hydrogens is 419 g/mol. The Morgan fingerprint density at radius 3 is 2.17 bits per heavy atom. The van der Waals surface area contributed by atoms with Gasteiger partial charge in [0.25, 0.3) is 5.91 Å². The van der Waals surface area contributed by atoms with Gasteiger partial charge >= 0.3 is 0 Å². The average Bonchev–Trinajstić information content (AvgIpc) is 3.31. The summed E-state index contributed by atoms with van der Waals surface area (Å²) in [6, 6.07) is 13.1. The number of nitrogens with one attached hydrogen (secondary N) is 1. The van der Waals surface area contributed by atoms with Crippen LogP contribution < -0.4 is 10.1 Å². The minimum atomic E-state index is -0.300. The van der Waals surface area contributed by atoms with Gasteiger partial charge in [0.2, 0.25) is 0 Å². The summed E-state index contributed by atoms with van der Waals surface area (Å²) < 4.78 is 5.36. The minimum absolute atomic E-state index is 0.223. The van der Waals surface area contributed by atoms with Crippen molar-refractivity contribution in [3.63, 3.8) is 0 Å². The lowest BCUT2D eigenvalue weighted by Gasteiger charge is -2.42. The van der Waals surface area contributed by atoms with Crippen LogP contribution in [0.2, 0.25) is 10.0 Å². The summed E-state index contributed by atoms with van der Waals surface area (Å²) in [7, 11) is 1.48. The van der Waals surface area contributed by atoms with Crippen molar-refractivity contribution in [2.75, 3.05) is 20.2 Å². The first-order valence-electron chi connectivity index (χ1n) is 10.5. The quantitative estimate of drug-likeness (QED) is 0.555. The van der Waals surface area contributed by atoms with Gasteiger partial charge in [0.1, 0.15) is 5.56 Å². The molecule has 1 saturated heterocycles. The average molecular weight is 451 g/mol. The molecule has 1 heterocycles. The Bertz CT molecular complexity index is 835. The predicted molar refractivity (Wildman–Crippen MR) is 126 cm³/mol. The van der Waals surface area contributed by atoms with Crippen LogP contribution in [0.3, 0.4) is 0 Å². The first kappa shape index (κ1) is 24.5. The lowest BCUT2D eigenvalue weighted by atomic mass is 9.86. The first-order valence-corrected chi connectivity index (χ1v) is 11.2. The molecule has 1 aliphatic heterocycles. The molecule has 2 aromatic carbocycles. The van der Waals surface area contributed by atoms with Crippen LogP contribution in [0.25, 0.3) is 0 Å². The normalized spacial score (nSPS) is 15.2. The number of carbonyl (C=O) groups excluding carboxylic acids is 1. The van der Waals surface area contributed by atoms with E-state index in [2.05, 4.69) is 24.1 Å². The number of amides is 1. The van der Waals surface area contributed by atoms with Gasteiger partial charge in [-0.3, -0.25) is 9.69 Å². The lowest BCUT2D eigenvalue weighted by molar-refractivity contribution is 0.0776. The maximum Gasteiger partial charge on any atom is 0.257 e. The molecule has 2 aromatic rings. The number of hydrogen-bond donors (Lipinski definition) is 1. The number of likely N-dealkylation sites (tertiary alicyclic amines) is 1. The van der Waals surface area contributed by atoms with Crippen LogP contribution in [0.1, 0.15) is 62.5 Å². The van der Waals surface area contributed by atoms with Crippen LogP contribution in [-0.4, -0.2) is 36.5 Å². The molecule has 0 bridgehead atoms. The number of methoxy groups -OCH3 is 1. The smallest absolute Gasteiger partial charge is 0.257 e. The van der Waals surface area contributed by atoms with E-state index in [0.717, 1.165) is 18.7 Å². The number of ether oxygens (including phenoxy) is 1. The molecule has 0 aromatic heterocycles. The molecule has 6 heteroatoms. The lowest BCUT2D eigenvalue weighted by Crippen LogP contribution is -2.52. The van der Waals surface area contributed by atoms with Crippen molar-refractivity contribution in [3.05, 3.63) is 63.6 Å². The third kappa shape index (κ3) is 5.29. The molecule has 3 rings (SSSR count). The number of nitrogens with zero attached hydrogens (tertiary/aromatic N) is 1. The van der Waals surface area contributed by atoms with Crippen LogP contribution >= 0.6 is 23.2 Å². The highest BCUT2D eigenvalue weighted by Gasteiger charge is 2.39. The monoisotopic (exact) mass is 450 g/mol. The van der Waals surface area contributed by atoms with E-state index < -0.39 is 0 Å². The fraction of sp³-hybridized carbons (Fsp3) is 0.458. The van der Waals surface area contributed by atoms with E-state index in [1.54, 1.807) is 12.1 Å². The van der Waals surface area contributed by atoms with E-state index in [0.29, 0.717) is 10.0 Å². The molecule has 1 aliphatic rings. The van der Waals surface area contributed by atoms with Crippen molar-refractivity contribution in [3.8, 4) is 5.75 Å². The van der Waals surface area contributed by atoms with E-state index in [1.807, 2.05) is 44.2 Å². The molecular formula is C24H32Cl2N2O2. The summed E-state index contributed by atoms with van der Waals surface area (Å²) in [6.07, 6.45) is 2.35. The Hall–Kier alpha value is -1.75. The van der Waals surface area contributed by atoms with Crippen molar-refractivity contribution in [1.29, 1.82) is 0 Å². The van der Waals surface area contributed by atoms with Crippen LogP contribution in [-0.2, 0) is 0 Å². The molecule has 0 aliphatic carbocycles. The molecule has 164 valence electrons. The summed E-state index contributed by atoms with van der Waals surface area (Å²) in [5.41, 5.74) is 1.03. The molecule has 1 amide bonds. The first-order chi connectivity index (χ1) is 14.4. The second kappa shape index (κ2) is 11.0. The minimum Gasteiger partial charge on any atom is -0.494 e. The number of carbonyl (C=O) groups is 1. The summed E-state index contributed by atoms with van der Waals surface area (Å²) in [5.74, 6) is -0.0112. The van der Waals surface area contributed by atoms with Gasteiger partial charge in [-0.25, -0.2) is 0 Å². The molecule has 0 radical (unpaired) electrons. The summed E-state index contributed by atoms with van der Waals surface area (Å²) >= 11 is 12.6. The maximum atomic E-state index is 13.3. The Kier molecular flexibility index (Phi) is 9.02. The predicted octanol–water partition coefficient (Wildman–Crippen LogP) is 6.37. The molecule has 1 atom stereocenters. The Morgan fingerprint density at radius 2 is 1.60 bits per heavy atom. The van der Waals surface area contributed by atoms with Gasteiger partial charge in [0.05, 0.1) is 23.2 Å². The van der Waals surface area contributed by atoms with Crippen LogP contribution in [0.15, 0.2) is 42.5 Å². The highest BCUT2D eigenvalue weighted by atomic mass is 35.5. The molecule has 1 N–H and O–H groups in total.